The van der Waals surface area contributed by atoms with Crippen molar-refractivity contribution in [3.05, 3.63) is 0 Å². The molecule has 1 aliphatic carbocycles. The van der Waals surface area contributed by atoms with Gasteiger partial charge >= 0.3 is 11.9 Å². The van der Waals surface area contributed by atoms with Crippen LogP contribution in [0.5, 0.6) is 0 Å². The summed E-state index contributed by atoms with van der Waals surface area (Å²) < 4.78 is 4.47. The second-order valence-electron chi connectivity index (χ2n) is 6.39. The van der Waals surface area contributed by atoms with E-state index < -0.39 is 18.0 Å². The third-order valence-corrected chi connectivity index (χ3v) is 4.76. The highest BCUT2D eigenvalue weighted by molar-refractivity contribution is 5.88. The highest BCUT2D eigenvalue weighted by Gasteiger charge is 2.68. The molecule has 1 aliphatic rings. The minimum absolute atomic E-state index is 0.0291. The number of hydrogen-bond donors (Lipinski definition) is 2. The molecule has 0 aromatic carbocycles. The molecule has 2 N–H and O–H groups in total. The summed E-state index contributed by atoms with van der Waals surface area (Å²) >= 11 is 0. The van der Waals surface area contributed by atoms with Crippen LogP contribution >= 0.6 is 0 Å². The number of nitrogens with one attached hydrogen (secondary N) is 1. The van der Waals surface area contributed by atoms with Crippen molar-refractivity contribution in [1.82, 2.24) is 5.32 Å². The Bertz CT molecular complexity index is 413. The predicted molar refractivity (Wildman–Crippen MR) is 71.9 cm³/mol. The van der Waals surface area contributed by atoms with Crippen LogP contribution in [0.1, 0.15) is 40.5 Å². The van der Waals surface area contributed by atoms with Gasteiger partial charge in [0.2, 0.25) is 5.91 Å². The Balaban J connectivity index is 2.62. The Labute approximate surface area is 118 Å². The van der Waals surface area contributed by atoms with Crippen LogP contribution in [-0.2, 0) is 19.1 Å². The highest BCUT2D eigenvalue weighted by atomic mass is 16.5. The summed E-state index contributed by atoms with van der Waals surface area (Å²) in [6, 6.07) is -1.06. The Kier molecular flexibility index (Phi) is 4.46. The van der Waals surface area contributed by atoms with E-state index in [-0.39, 0.29) is 35.5 Å². The fourth-order valence-electron chi connectivity index (χ4n) is 2.73. The SMILES string of the molecule is COC(=O)CC[C@H](NC(=O)C1C(C)(C)C1(C)C)C(=O)O. The van der Waals surface area contributed by atoms with E-state index in [0.717, 1.165) is 0 Å². The van der Waals surface area contributed by atoms with E-state index in [1.54, 1.807) is 0 Å². The van der Waals surface area contributed by atoms with Crippen molar-refractivity contribution >= 4 is 17.8 Å². The molecule has 1 amide bonds. The second-order valence-corrected chi connectivity index (χ2v) is 6.39. The van der Waals surface area contributed by atoms with E-state index in [1.165, 1.54) is 7.11 Å². The van der Waals surface area contributed by atoms with E-state index in [2.05, 4.69) is 10.1 Å². The molecular weight excluding hydrogens is 262 g/mol. The normalized spacial score (nSPS) is 20.9. The minimum Gasteiger partial charge on any atom is -0.480 e. The van der Waals surface area contributed by atoms with Crippen molar-refractivity contribution in [3.8, 4) is 0 Å². The molecule has 0 aromatic heterocycles. The monoisotopic (exact) mass is 285 g/mol. The molecule has 0 bridgehead atoms. The number of ether oxygens (including phenoxy) is 1. The van der Waals surface area contributed by atoms with Crippen LogP contribution in [0.25, 0.3) is 0 Å². The molecule has 0 unspecified atom stereocenters. The van der Waals surface area contributed by atoms with Gasteiger partial charge in [-0.25, -0.2) is 4.79 Å². The van der Waals surface area contributed by atoms with Gasteiger partial charge in [0.15, 0.2) is 0 Å². The largest absolute Gasteiger partial charge is 0.480 e. The van der Waals surface area contributed by atoms with Gasteiger partial charge < -0.3 is 15.2 Å². The van der Waals surface area contributed by atoms with Crippen molar-refractivity contribution in [2.24, 2.45) is 16.7 Å². The Hall–Kier alpha value is -1.59. The predicted octanol–water partition coefficient (Wildman–Crippen LogP) is 1.19. The smallest absolute Gasteiger partial charge is 0.326 e. The lowest BCUT2D eigenvalue weighted by Gasteiger charge is -2.14. The summed E-state index contributed by atoms with van der Waals surface area (Å²) in [7, 11) is 1.24. The molecule has 1 fully saturated rings. The molecule has 6 heteroatoms. The summed E-state index contributed by atoms with van der Waals surface area (Å²) in [6.45, 7) is 7.95. The molecule has 0 heterocycles. The maximum Gasteiger partial charge on any atom is 0.326 e. The van der Waals surface area contributed by atoms with Crippen LogP contribution in [0.15, 0.2) is 0 Å². The van der Waals surface area contributed by atoms with E-state index in [0.29, 0.717) is 0 Å². The average Bonchev–Trinajstić information content (AvgIpc) is 2.74. The summed E-state index contributed by atoms with van der Waals surface area (Å²) in [4.78, 5) is 34.4. The van der Waals surface area contributed by atoms with E-state index in [1.807, 2.05) is 27.7 Å². The number of methoxy groups -OCH3 is 1. The summed E-state index contributed by atoms with van der Waals surface area (Å²) in [5.74, 6) is -2.11. The van der Waals surface area contributed by atoms with Gasteiger partial charge in [0, 0.05) is 12.3 Å². The Morgan fingerprint density at radius 1 is 1.20 bits per heavy atom. The van der Waals surface area contributed by atoms with Gasteiger partial charge in [-0.05, 0) is 17.3 Å². The van der Waals surface area contributed by atoms with Crippen LogP contribution in [0.3, 0.4) is 0 Å². The van der Waals surface area contributed by atoms with Crippen molar-refractivity contribution in [1.29, 1.82) is 0 Å². The maximum absolute atomic E-state index is 12.2. The molecule has 20 heavy (non-hydrogen) atoms. The molecule has 0 saturated heterocycles. The van der Waals surface area contributed by atoms with Gasteiger partial charge in [-0.2, -0.15) is 0 Å². The van der Waals surface area contributed by atoms with E-state index in [9.17, 15) is 14.4 Å². The zero-order chi connectivity index (χ0) is 15.7. The third kappa shape index (κ3) is 2.94. The van der Waals surface area contributed by atoms with Gasteiger partial charge in [-0.15, -0.1) is 0 Å². The third-order valence-electron chi connectivity index (χ3n) is 4.76. The van der Waals surface area contributed by atoms with Crippen molar-refractivity contribution in [3.63, 3.8) is 0 Å². The lowest BCUT2D eigenvalue weighted by Crippen LogP contribution is -2.42. The van der Waals surface area contributed by atoms with Crippen molar-refractivity contribution in [2.75, 3.05) is 7.11 Å². The lowest BCUT2D eigenvalue weighted by molar-refractivity contribution is -0.144. The molecule has 1 atom stereocenters. The van der Waals surface area contributed by atoms with Crippen LogP contribution in [-0.4, -0.2) is 36.1 Å². The zero-order valence-corrected chi connectivity index (χ0v) is 12.6. The number of carboxylic acids is 1. The number of aliphatic carboxylic acids is 1. The van der Waals surface area contributed by atoms with Gasteiger partial charge in [0.05, 0.1) is 7.11 Å². The standard InChI is InChI=1S/C14H23NO5/c1-13(2)10(14(13,3)4)11(17)15-8(12(18)19)6-7-9(16)20-5/h8,10H,6-7H2,1-5H3,(H,15,17)(H,18,19)/t8-/m0/s1. The first-order valence-corrected chi connectivity index (χ1v) is 6.65. The van der Waals surface area contributed by atoms with Crippen LogP contribution in [0.2, 0.25) is 0 Å². The second kappa shape index (κ2) is 5.42. The van der Waals surface area contributed by atoms with E-state index in [4.69, 9.17) is 5.11 Å². The zero-order valence-electron chi connectivity index (χ0n) is 12.6. The van der Waals surface area contributed by atoms with Gasteiger partial charge in [-0.3, -0.25) is 9.59 Å². The number of esters is 1. The number of carbonyl (C=O) groups is 3. The van der Waals surface area contributed by atoms with Crippen LogP contribution < -0.4 is 5.32 Å². The van der Waals surface area contributed by atoms with Crippen molar-refractivity contribution < 1.29 is 24.2 Å². The molecule has 6 nitrogen and oxygen atoms in total. The van der Waals surface area contributed by atoms with Crippen LogP contribution in [0, 0.1) is 16.7 Å². The number of rotatable bonds is 6. The quantitative estimate of drug-likeness (QED) is 0.715. The molecular formula is C14H23NO5. The first kappa shape index (κ1) is 16.5. The number of hydrogen-bond acceptors (Lipinski definition) is 4. The van der Waals surface area contributed by atoms with Gasteiger partial charge in [0.25, 0.3) is 0 Å². The molecule has 114 valence electrons. The molecule has 0 spiro atoms. The van der Waals surface area contributed by atoms with Crippen LogP contribution in [0.4, 0.5) is 0 Å². The topological polar surface area (TPSA) is 92.7 Å². The van der Waals surface area contributed by atoms with E-state index >= 15 is 0 Å². The lowest BCUT2D eigenvalue weighted by atomic mass is 10.0. The molecule has 1 saturated carbocycles. The molecule has 1 rings (SSSR count). The number of carbonyl (C=O) groups excluding carboxylic acids is 2. The number of amides is 1. The van der Waals surface area contributed by atoms with Gasteiger partial charge in [0.1, 0.15) is 6.04 Å². The molecule has 0 radical (unpaired) electrons. The summed E-state index contributed by atoms with van der Waals surface area (Å²) in [5, 5.41) is 11.6. The summed E-state index contributed by atoms with van der Waals surface area (Å²) in [5.41, 5.74) is -0.301. The fraction of sp³-hybridized carbons (Fsp3) is 0.786. The fourth-order valence-corrected chi connectivity index (χ4v) is 2.73. The Morgan fingerprint density at radius 3 is 2.05 bits per heavy atom. The maximum atomic E-state index is 12.2. The van der Waals surface area contributed by atoms with Crippen molar-refractivity contribution in [2.45, 2.75) is 46.6 Å². The average molecular weight is 285 g/mol. The number of carboxylic acid groups (broad SMARTS) is 1. The van der Waals surface area contributed by atoms with Gasteiger partial charge in [-0.1, -0.05) is 27.7 Å². The first-order valence-electron chi connectivity index (χ1n) is 6.65. The highest BCUT2D eigenvalue weighted by Crippen LogP contribution is 2.68. The molecule has 0 aliphatic heterocycles. The first-order chi connectivity index (χ1) is 9.05. The Morgan fingerprint density at radius 2 is 1.70 bits per heavy atom. The summed E-state index contributed by atoms with van der Waals surface area (Å²) in [6.07, 6.45) is -0.00742. The molecule has 0 aromatic rings. The minimum atomic E-state index is -1.14.